The quantitative estimate of drug-likeness (QED) is 0.717. The molecule has 1 amide bonds. The number of aromatic nitrogens is 4. The molecule has 0 aromatic carbocycles. The van der Waals surface area contributed by atoms with Crippen LogP contribution in [0.25, 0.3) is 5.78 Å². The van der Waals surface area contributed by atoms with Crippen LogP contribution in [0.5, 0.6) is 0 Å². The molecule has 10 heteroatoms. The van der Waals surface area contributed by atoms with Gasteiger partial charge in [-0.25, -0.2) is 9.78 Å². The summed E-state index contributed by atoms with van der Waals surface area (Å²) in [6.45, 7) is 11.7. The number of nitrogens with zero attached hydrogens (tertiary/aromatic N) is 5. The molecule has 32 heavy (non-hydrogen) atoms. The fourth-order valence-corrected chi connectivity index (χ4v) is 5.38. The molecule has 5 rings (SSSR count). The van der Waals surface area contributed by atoms with Crippen molar-refractivity contribution in [2.75, 3.05) is 44.3 Å². The van der Waals surface area contributed by atoms with Gasteiger partial charge in [0.05, 0.1) is 18.9 Å². The van der Waals surface area contributed by atoms with Crippen molar-refractivity contribution in [2.45, 2.75) is 63.9 Å². The number of piperidine rings is 1. The van der Waals surface area contributed by atoms with E-state index in [0.29, 0.717) is 38.0 Å². The summed E-state index contributed by atoms with van der Waals surface area (Å²) in [7, 11) is 0. The first-order valence-electron chi connectivity index (χ1n) is 11.5. The lowest BCUT2D eigenvalue weighted by Crippen LogP contribution is -2.47. The third-order valence-electron chi connectivity index (χ3n) is 6.89. The number of H-pyrrole nitrogens is 1. The lowest BCUT2D eigenvalue weighted by atomic mass is 9.74. The highest BCUT2D eigenvalue weighted by Gasteiger charge is 2.48. The molecule has 0 saturated carbocycles. The zero-order valence-electron chi connectivity index (χ0n) is 19.3. The normalized spacial score (nSPS) is 23.1. The van der Waals surface area contributed by atoms with Crippen molar-refractivity contribution in [1.29, 1.82) is 0 Å². The van der Waals surface area contributed by atoms with Gasteiger partial charge in [0.15, 0.2) is 0 Å². The Morgan fingerprint density at radius 2 is 1.84 bits per heavy atom. The van der Waals surface area contributed by atoms with Gasteiger partial charge < -0.3 is 19.3 Å². The number of rotatable bonds is 1. The molecular formula is C22H32N6O4. The molecule has 1 atom stereocenters. The predicted octanol–water partition coefficient (Wildman–Crippen LogP) is 2.03. The van der Waals surface area contributed by atoms with Crippen molar-refractivity contribution in [2.24, 2.45) is 0 Å². The van der Waals surface area contributed by atoms with E-state index in [9.17, 15) is 9.59 Å². The average molecular weight is 445 g/mol. The van der Waals surface area contributed by atoms with Gasteiger partial charge in [0.1, 0.15) is 5.60 Å². The Hall–Kier alpha value is -2.62. The van der Waals surface area contributed by atoms with E-state index in [1.54, 1.807) is 4.90 Å². The average Bonchev–Trinajstić information content (AvgIpc) is 3.28. The number of likely N-dealkylation sites (tertiary alicyclic amines) is 1. The summed E-state index contributed by atoms with van der Waals surface area (Å²) >= 11 is 0. The van der Waals surface area contributed by atoms with E-state index in [4.69, 9.17) is 14.5 Å². The van der Waals surface area contributed by atoms with Crippen molar-refractivity contribution in [3.05, 3.63) is 21.6 Å². The standard InChI is InChI=1S/C22H32N6O4/c1-14-13-22(5-7-27(8-6-22)20(30)32-21(2,3)4)15-16(14)23-18-24-19(25-28(18)17(15)29)26-9-11-31-12-10-26/h14H,5-13H2,1-4H3,(H,23,24,25). The number of ether oxygens (including phenoxy) is 2. The summed E-state index contributed by atoms with van der Waals surface area (Å²) < 4.78 is 12.5. The first-order chi connectivity index (χ1) is 15.2. The van der Waals surface area contributed by atoms with Gasteiger partial charge in [0, 0.05) is 37.2 Å². The molecule has 0 radical (unpaired) electrons. The molecule has 2 aromatic heterocycles. The van der Waals surface area contributed by atoms with Crippen LogP contribution in [0.1, 0.15) is 64.1 Å². The van der Waals surface area contributed by atoms with Gasteiger partial charge >= 0.3 is 6.09 Å². The highest BCUT2D eigenvalue weighted by molar-refractivity contribution is 5.68. The second kappa shape index (κ2) is 7.47. The molecule has 2 aliphatic heterocycles. The van der Waals surface area contributed by atoms with Crippen LogP contribution in [-0.4, -0.2) is 75.6 Å². The van der Waals surface area contributed by atoms with Crippen LogP contribution in [0.4, 0.5) is 10.7 Å². The lowest BCUT2D eigenvalue weighted by molar-refractivity contribution is 0.0161. The first kappa shape index (κ1) is 21.2. The number of hydrogen-bond donors (Lipinski definition) is 1. The minimum absolute atomic E-state index is 0.0629. The SMILES string of the molecule is CC1CC2(CCN(C(=O)OC(C)(C)C)CC2)c2c1nc1nc(N3CCOCC3)[nH]n1c2=O. The zero-order chi connectivity index (χ0) is 22.7. The Morgan fingerprint density at radius 1 is 1.16 bits per heavy atom. The van der Waals surface area contributed by atoms with Gasteiger partial charge in [-0.05, 0) is 46.0 Å². The van der Waals surface area contributed by atoms with E-state index in [1.165, 1.54) is 4.52 Å². The predicted molar refractivity (Wildman–Crippen MR) is 118 cm³/mol. The van der Waals surface area contributed by atoms with Gasteiger partial charge in [0.25, 0.3) is 11.3 Å². The first-order valence-corrected chi connectivity index (χ1v) is 11.5. The molecule has 1 aliphatic carbocycles. The summed E-state index contributed by atoms with van der Waals surface area (Å²) in [6, 6.07) is 0. The van der Waals surface area contributed by atoms with Crippen molar-refractivity contribution in [1.82, 2.24) is 24.5 Å². The fourth-order valence-electron chi connectivity index (χ4n) is 5.38. The van der Waals surface area contributed by atoms with Crippen LogP contribution in [0, 0.1) is 0 Å². The molecule has 1 unspecified atom stereocenters. The van der Waals surface area contributed by atoms with Crippen LogP contribution in [0.3, 0.4) is 0 Å². The number of hydrogen-bond acceptors (Lipinski definition) is 7. The molecule has 2 fully saturated rings. The highest BCUT2D eigenvalue weighted by atomic mass is 16.6. The molecule has 3 aliphatic rings. The molecule has 2 saturated heterocycles. The maximum atomic E-state index is 13.6. The van der Waals surface area contributed by atoms with E-state index in [0.717, 1.165) is 43.6 Å². The number of carbonyl (C=O) groups excluding carboxylic acids is 1. The van der Waals surface area contributed by atoms with E-state index in [2.05, 4.69) is 21.9 Å². The topological polar surface area (TPSA) is 105 Å². The smallest absolute Gasteiger partial charge is 0.410 e. The largest absolute Gasteiger partial charge is 0.444 e. The monoisotopic (exact) mass is 444 g/mol. The van der Waals surface area contributed by atoms with Crippen molar-refractivity contribution in [3.8, 4) is 0 Å². The third kappa shape index (κ3) is 3.54. The Morgan fingerprint density at radius 3 is 2.50 bits per heavy atom. The Labute approximate surface area is 186 Å². The summed E-state index contributed by atoms with van der Waals surface area (Å²) in [5.41, 5.74) is 0.813. The van der Waals surface area contributed by atoms with Crippen molar-refractivity contribution in [3.63, 3.8) is 0 Å². The van der Waals surface area contributed by atoms with E-state index >= 15 is 0 Å². The molecule has 1 N–H and O–H groups in total. The Kier molecular flexibility index (Phi) is 4.96. The second-order valence-corrected chi connectivity index (χ2v) is 10.3. The summed E-state index contributed by atoms with van der Waals surface area (Å²) in [5, 5.41) is 3.17. The molecular weight excluding hydrogens is 412 g/mol. The number of amides is 1. The van der Waals surface area contributed by atoms with Crippen LogP contribution in [-0.2, 0) is 14.9 Å². The van der Waals surface area contributed by atoms with Crippen molar-refractivity contribution < 1.29 is 14.3 Å². The minimum Gasteiger partial charge on any atom is -0.444 e. The Bertz CT molecular complexity index is 1090. The number of morpholine rings is 1. The Balaban J connectivity index is 1.45. The summed E-state index contributed by atoms with van der Waals surface area (Å²) in [6.07, 6.45) is 2.05. The van der Waals surface area contributed by atoms with E-state index < -0.39 is 5.60 Å². The summed E-state index contributed by atoms with van der Waals surface area (Å²) in [5.74, 6) is 1.26. The number of aromatic amines is 1. The maximum absolute atomic E-state index is 13.6. The van der Waals surface area contributed by atoms with E-state index in [1.807, 2.05) is 20.8 Å². The van der Waals surface area contributed by atoms with Crippen LogP contribution < -0.4 is 10.5 Å². The van der Waals surface area contributed by atoms with Gasteiger partial charge in [0.2, 0.25) is 5.95 Å². The molecule has 10 nitrogen and oxygen atoms in total. The number of fused-ring (bicyclic) bond motifs is 3. The van der Waals surface area contributed by atoms with Gasteiger partial charge in [-0.2, -0.15) is 9.50 Å². The van der Waals surface area contributed by atoms with Crippen LogP contribution in [0.15, 0.2) is 4.79 Å². The summed E-state index contributed by atoms with van der Waals surface area (Å²) in [4.78, 5) is 39.4. The second-order valence-electron chi connectivity index (χ2n) is 10.3. The molecule has 1 spiro atoms. The van der Waals surface area contributed by atoms with Gasteiger partial charge in [-0.3, -0.25) is 9.89 Å². The van der Waals surface area contributed by atoms with Crippen LogP contribution in [0.2, 0.25) is 0 Å². The van der Waals surface area contributed by atoms with Crippen LogP contribution >= 0.6 is 0 Å². The molecule has 0 bridgehead atoms. The minimum atomic E-state index is -0.520. The van der Waals surface area contributed by atoms with Crippen molar-refractivity contribution >= 4 is 17.8 Å². The number of nitrogens with one attached hydrogen (secondary N) is 1. The molecule has 2 aromatic rings. The molecule has 174 valence electrons. The third-order valence-corrected chi connectivity index (χ3v) is 6.89. The number of anilines is 1. The number of carbonyl (C=O) groups is 1. The zero-order valence-corrected chi connectivity index (χ0v) is 19.3. The van der Waals surface area contributed by atoms with Gasteiger partial charge in [-0.15, -0.1) is 0 Å². The highest BCUT2D eigenvalue weighted by Crippen LogP contribution is 2.49. The fraction of sp³-hybridized carbons (Fsp3) is 0.727. The van der Waals surface area contributed by atoms with Gasteiger partial charge in [-0.1, -0.05) is 6.92 Å². The van der Waals surface area contributed by atoms with E-state index in [-0.39, 0.29) is 23.0 Å². The maximum Gasteiger partial charge on any atom is 0.410 e. The molecule has 4 heterocycles. The lowest BCUT2D eigenvalue weighted by Gasteiger charge is -2.40.